The van der Waals surface area contributed by atoms with Gasteiger partial charge in [-0.2, -0.15) is 0 Å². The number of hydrogen-bond donors (Lipinski definition) is 1. The molecule has 2 amide bonds. The highest BCUT2D eigenvalue weighted by Crippen LogP contribution is 2.42. The molecule has 0 saturated carbocycles. The second-order valence-electron chi connectivity index (χ2n) is 7.28. The van der Waals surface area contributed by atoms with Gasteiger partial charge in [0.05, 0.1) is 38.1 Å². The number of hydrogen-bond acceptors (Lipinski definition) is 5. The molecule has 0 bridgehead atoms. The van der Waals surface area contributed by atoms with Crippen molar-refractivity contribution in [3.63, 3.8) is 0 Å². The molecule has 1 aliphatic heterocycles. The van der Waals surface area contributed by atoms with Crippen LogP contribution >= 0.6 is 0 Å². The molecule has 2 heterocycles. The second kappa shape index (κ2) is 8.47. The summed E-state index contributed by atoms with van der Waals surface area (Å²) >= 11 is 0. The summed E-state index contributed by atoms with van der Waals surface area (Å²) < 4.78 is 10.3. The molecule has 1 aromatic heterocycles. The number of anilines is 1. The molecule has 0 fully saturated rings. The first-order valence-electron chi connectivity index (χ1n) is 9.84. The highest BCUT2D eigenvalue weighted by atomic mass is 16.5. The van der Waals surface area contributed by atoms with Crippen LogP contribution in [-0.2, 0) is 4.79 Å². The number of aromatic nitrogens is 1. The number of fused-ring (bicyclic) bond motifs is 1. The van der Waals surface area contributed by atoms with Crippen LogP contribution in [-0.4, -0.2) is 43.0 Å². The number of benzene rings is 2. The number of carbonyl (C=O) groups excluding carboxylic acids is 2. The summed E-state index contributed by atoms with van der Waals surface area (Å²) in [5.74, 6) is 0.224. The Labute approximate surface area is 180 Å². The Hall–Kier alpha value is -3.87. The van der Waals surface area contributed by atoms with E-state index >= 15 is 0 Å². The number of amides is 2. The van der Waals surface area contributed by atoms with Crippen molar-refractivity contribution in [2.24, 2.45) is 0 Å². The van der Waals surface area contributed by atoms with Gasteiger partial charge in [-0.05, 0) is 35.4 Å². The largest absolute Gasteiger partial charge is 0.497 e. The molecule has 2 aromatic carbocycles. The molecule has 0 spiro atoms. The Kier molecular flexibility index (Phi) is 5.58. The number of ether oxygens (including phenoxy) is 2. The van der Waals surface area contributed by atoms with Crippen LogP contribution in [0, 0.1) is 0 Å². The number of methoxy groups -OCH3 is 2. The van der Waals surface area contributed by atoms with Crippen molar-refractivity contribution in [2.75, 3.05) is 26.6 Å². The lowest BCUT2D eigenvalue weighted by molar-refractivity contribution is -0.119. The van der Waals surface area contributed by atoms with E-state index in [1.807, 2.05) is 36.4 Å². The fourth-order valence-corrected chi connectivity index (χ4v) is 3.97. The van der Waals surface area contributed by atoms with Gasteiger partial charge in [0.15, 0.2) is 0 Å². The topological polar surface area (TPSA) is 80.8 Å². The Bertz CT molecular complexity index is 1100. The minimum atomic E-state index is -0.602. The second-order valence-corrected chi connectivity index (χ2v) is 7.28. The van der Waals surface area contributed by atoms with E-state index in [0.717, 1.165) is 5.56 Å². The molecule has 2 atom stereocenters. The molecule has 0 aliphatic carbocycles. The van der Waals surface area contributed by atoms with Crippen LogP contribution in [0.15, 0.2) is 66.9 Å². The highest BCUT2D eigenvalue weighted by molar-refractivity contribution is 6.04. The van der Waals surface area contributed by atoms with E-state index in [2.05, 4.69) is 10.3 Å². The summed E-state index contributed by atoms with van der Waals surface area (Å²) in [6, 6.07) is 17.6. The fourth-order valence-electron chi connectivity index (χ4n) is 3.97. The van der Waals surface area contributed by atoms with Gasteiger partial charge in [0, 0.05) is 18.7 Å². The molecule has 31 heavy (non-hydrogen) atoms. The van der Waals surface area contributed by atoms with Gasteiger partial charge in [-0.15, -0.1) is 0 Å². The van der Waals surface area contributed by atoms with E-state index in [4.69, 9.17) is 9.47 Å². The van der Waals surface area contributed by atoms with Crippen molar-refractivity contribution in [3.8, 4) is 11.6 Å². The molecular formula is C24H23N3O4. The Morgan fingerprint density at radius 2 is 1.74 bits per heavy atom. The van der Waals surface area contributed by atoms with Crippen molar-refractivity contribution in [3.05, 3.63) is 83.6 Å². The zero-order valence-corrected chi connectivity index (χ0v) is 17.5. The van der Waals surface area contributed by atoms with Crippen LogP contribution in [0.5, 0.6) is 11.6 Å². The molecule has 0 unspecified atom stereocenters. The van der Waals surface area contributed by atoms with E-state index in [1.54, 1.807) is 49.5 Å². The molecule has 1 aliphatic rings. The van der Waals surface area contributed by atoms with E-state index < -0.39 is 12.0 Å². The molecule has 158 valence electrons. The van der Waals surface area contributed by atoms with Gasteiger partial charge < -0.3 is 19.7 Å². The average molecular weight is 417 g/mol. The molecule has 7 nitrogen and oxygen atoms in total. The maximum absolute atomic E-state index is 13.5. The summed E-state index contributed by atoms with van der Waals surface area (Å²) in [5, 5.41) is 2.94. The molecule has 3 aromatic rings. The molecule has 1 N–H and O–H groups in total. The molecular weight excluding hydrogens is 394 g/mol. The molecule has 4 rings (SSSR count). The molecule has 7 heteroatoms. The molecule has 0 radical (unpaired) electrons. The number of pyridine rings is 1. The van der Waals surface area contributed by atoms with Crippen LogP contribution in [0.1, 0.15) is 33.4 Å². The van der Waals surface area contributed by atoms with Crippen molar-refractivity contribution in [2.45, 2.75) is 12.0 Å². The van der Waals surface area contributed by atoms with E-state index in [1.165, 1.54) is 7.11 Å². The maximum atomic E-state index is 13.5. The monoisotopic (exact) mass is 417 g/mol. The van der Waals surface area contributed by atoms with Gasteiger partial charge in [0.1, 0.15) is 5.75 Å². The van der Waals surface area contributed by atoms with Gasteiger partial charge in [-0.25, -0.2) is 4.98 Å². The van der Waals surface area contributed by atoms with Crippen molar-refractivity contribution in [1.29, 1.82) is 0 Å². The van der Waals surface area contributed by atoms with Gasteiger partial charge in [0.25, 0.3) is 5.91 Å². The Morgan fingerprint density at radius 1 is 1.00 bits per heavy atom. The minimum Gasteiger partial charge on any atom is -0.497 e. The standard InChI is InChI=1S/C24H23N3O4/c1-27-22(15-8-11-17(30-2)12-9-15)21(18-6-4-5-7-19(18)24(27)29)23(28)26-16-10-13-20(31-3)25-14-16/h4-14,21-22H,1-3H3,(H,26,28)/t21-,22-/m1/s1. The minimum absolute atomic E-state index is 0.119. The van der Waals surface area contributed by atoms with Gasteiger partial charge in [0.2, 0.25) is 11.8 Å². The first-order valence-corrected chi connectivity index (χ1v) is 9.84. The van der Waals surface area contributed by atoms with Gasteiger partial charge >= 0.3 is 0 Å². The number of nitrogens with zero attached hydrogens (tertiary/aromatic N) is 2. The lowest BCUT2D eigenvalue weighted by atomic mass is 9.79. The summed E-state index contributed by atoms with van der Waals surface area (Å²) in [5.41, 5.74) is 2.63. The number of carbonyl (C=O) groups is 2. The third kappa shape index (κ3) is 3.82. The van der Waals surface area contributed by atoms with Gasteiger partial charge in [-0.1, -0.05) is 30.3 Å². The first-order chi connectivity index (χ1) is 15.0. The zero-order chi connectivity index (χ0) is 22.0. The van der Waals surface area contributed by atoms with E-state index in [9.17, 15) is 9.59 Å². The van der Waals surface area contributed by atoms with Crippen LogP contribution in [0.3, 0.4) is 0 Å². The quantitative estimate of drug-likeness (QED) is 0.685. The smallest absolute Gasteiger partial charge is 0.254 e. The number of nitrogens with one attached hydrogen (secondary N) is 1. The predicted molar refractivity (Wildman–Crippen MR) is 116 cm³/mol. The maximum Gasteiger partial charge on any atom is 0.254 e. The van der Waals surface area contributed by atoms with E-state index in [-0.39, 0.29) is 11.8 Å². The third-order valence-corrected chi connectivity index (χ3v) is 5.53. The Morgan fingerprint density at radius 3 is 2.39 bits per heavy atom. The van der Waals surface area contributed by atoms with Crippen molar-refractivity contribution in [1.82, 2.24) is 9.88 Å². The Balaban J connectivity index is 1.75. The number of rotatable bonds is 5. The van der Waals surface area contributed by atoms with Crippen molar-refractivity contribution < 1.29 is 19.1 Å². The van der Waals surface area contributed by atoms with Gasteiger partial charge in [-0.3, -0.25) is 9.59 Å². The predicted octanol–water partition coefficient (Wildman–Crippen LogP) is 3.65. The fraction of sp³-hybridized carbons (Fsp3) is 0.208. The van der Waals surface area contributed by atoms with Crippen LogP contribution < -0.4 is 14.8 Å². The molecule has 0 saturated heterocycles. The SMILES string of the molecule is COc1ccc([C@@H]2[C@H](C(=O)Nc3ccc(OC)nc3)c3ccccc3C(=O)N2C)cc1. The third-order valence-electron chi connectivity index (χ3n) is 5.53. The highest BCUT2D eigenvalue weighted by Gasteiger charge is 2.42. The average Bonchev–Trinajstić information content (AvgIpc) is 2.81. The summed E-state index contributed by atoms with van der Waals surface area (Å²) in [6.07, 6.45) is 1.54. The summed E-state index contributed by atoms with van der Waals surface area (Å²) in [6.45, 7) is 0. The lowest BCUT2D eigenvalue weighted by Crippen LogP contribution is -2.44. The summed E-state index contributed by atoms with van der Waals surface area (Å²) in [7, 11) is 4.86. The van der Waals surface area contributed by atoms with E-state index in [0.29, 0.717) is 28.4 Å². The number of likely N-dealkylation sites (N-methyl/N-ethyl adjacent to an activating group) is 1. The first kappa shape index (κ1) is 20.4. The van der Waals surface area contributed by atoms with Crippen LogP contribution in [0.25, 0.3) is 0 Å². The van der Waals surface area contributed by atoms with Crippen molar-refractivity contribution >= 4 is 17.5 Å². The van der Waals surface area contributed by atoms with Crippen LogP contribution in [0.2, 0.25) is 0 Å². The normalized spacial score (nSPS) is 17.6. The lowest BCUT2D eigenvalue weighted by Gasteiger charge is -2.39. The van der Waals surface area contributed by atoms with Crippen LogP contribution in [0.4, 0.5) is 5.69 Å². The zero-order valence-electron chi connectivity index (χ0n) is 17.5. The summed E-state index contributed by atoms with van der Waals surface area (Å²) in [4.78, 5) is 32.4.